The molecule has 1 saturated carbocycles. The topological polar surface area (TPSA) is 165 Å². The molecule has 3 aromatic rings. The summed E-state index contributed by atoms with van der Waals surface area (Å²) in [7, 11) is -3.78. The van der Waals surface area contributed by atoms with Crippen molar-refractivity contribution in [2.75, 3.05) is 6.54 Å². The molecule has 0 bridgehead atoms. The predicted molar refractivity (Wildman–Crippen MR) is 144 cm³/mol. The Labute approximate surface area is 230 Å². The zero-order valence-electron chi connectivity index (χ0n) is 21.8. The maximum atomic E-state index is 14.5. The number of aliphatic hydroxyl groups is 1. The summed E-state index contributed by atoms with van der Waals surface area (Å²) in [5, 5.41) is 10.6. The lowest BCUT2D eigenvalue weighted by Crippen LogP contribution is -2.45. The molecule has 1 aromatic carbocycles. The van der Waals surface area contributed by atoms with E-state index in [9.17, 15) is 32.3 Å². The molecule has 1 aliphatic carbocycles. The smallest absolute Gasteiger partial charge is 0.264 e. The summed E-state index contributed by atoms with van der Waals surface area (Å²) in [5.41, 5.74) is 7.42. The molecule has 0 radical (unpaired) electrons. The zero-order valence-corrected chi connectivity index (χ0v) is 22.6. The third-order valence-corrected chi connectivity index (χ3v) is 9.15. The van der Waals surface area contributed by atoms with Gasteiger partial charge in [0.25, 0.3) is 11.8 Å². The van der Waals surface area contributed by atoms with Gasteiger partial charge in [-0.3, -0.25) is 19.4 Å². The van der Waals surface area contributed by atoms with Gasteiger partial charge in [-0.15, -0.1) is 0 Å². The zero-order chi connectivity index (χ0) is 28.8. The molecule has 2 aliphatic rings. The third kappa shape index (κ3) is 5.70. The fraction of sp³-hybridized carbons (Fsp3) is 0.407. The van der Waals surface area contributed by atoms with Crippen molar-refractivity contribution in [3.05, 3.63) is 65.1 Å². The Morgan fingerprint density at radius 2 is 1.98 bits per heavy atom. The molecule has 4 N–H and O–H groups in total. The van der Waals surface area contributed by atoms with Gasteiger partial charge >= 0.3 is 0 Å². The van der Waals surface area contributed by atoms with Crippen molar-refractivity contribution in [1.82, 2.24) is 19.2 Å². The normalized spacial score (nSPS) is 20.0. The number of sulfonamides is 1. The summed E-state index contributed by atoms with van der Waals surface area (Å²) >= 11 is 0. The van der Waals surface area contributed by atoms with E-state index in [0.717, 1.165) is 5.69 Å². The first-order chi connectivity index (χ1) is 18.9. The van der Waals surface area contributed by atoms with Crippen LogP contribution in [0.1, 0.15) is 51.4 Å². The quantitative estimate of drug-likeness (QED) is 0.347. The minimum absolute atomic E-state index is 0.0102. The number of hydrogen-bond acceptors (Lipinski definition) is 7. The molecule has 2 unspecified atom stereocenters. The average molecular weight is 572 g/mol. The third-order valence-electron chi connectivity index (χ3n) is 7.33. The molecule has 3 atom stereocenters. The Hall–Kier alpha value is -3.84. The van der Waals surface area contributed by atoms with Crippen LogP contribution < -0.4 is 10.5 Å². The van der Waals surface area contributed by atoms with Gasteiger partial charge in [0.1, 0.15) is 12.7 Å². The van der Waals surface area contributed by atoms with Crippen LogP contribution in [-0.2, 0) is 27.8 Å². The number of hydrogen-bond donors (Lipinski definition) is 3. The number of alkyl halides is 1. The van der Waals surface area contributed by atoms with Crippen LogP contribution in [0.15, 0.2) is 42.6 Å². The van der Waals surface area contributed by atoms with Crippen LogP contribution in [0.25, 0.3) is 10.9 Å². The number of likely N-dealkylation sites (tertiary alicyclic amines) is 1. The molecular formula is C27H30FN5O6S. The first-order valence-electron chi connectivity index (χ1n) is 13.0. The number of rotatable bonds is 9. The van der Waals surface area contributed by atoms with E-state index in [1.54, 1.807) is 6.07 Å². The molecule has 1 aliphatic heterocycles. The van der Waals surface area contributed by atoms with E-state index < -0.39 is 51.3 Å². The van der Waals surface area contributed by atoms with Gasteiger partial charge in [0.15, 0.2) is 0 Å². The molecule has 212 valence electrons. The molecule has 1 saturated heterocycles. The molecule has 3 heterocycles. The lowest BCUT2D eigenvalue weighted by Gasteiger charge is -2.28. The van der Waals surface area contributed by atoms with Crippen molar-refractivity contribution in [2.45, 2.75) is 62.7 Å². The highest BCUT2D eigenvalue weighted by molar-refractivity contribution is 7.91. The molecule has 3 amide bonds. The Kier molecular flexibility index (Phi) is 7.36. The van der Waals surface area contributed by atoms with E-state index in [0.29, 0.717) is 24.1 Å². The number of primary amides is 1. The highest BCUT2D eigenvalue weighted by atomic mass is 32.2. The van der Waals surface area contributed by atoms with Crippen LogP contribution in [-0.4, -0.2) is 75.8 Å². The molecule has 5 rings (SSSR count). The van der Waals surface area contributed by atoms with Crippen LogP contribution in [0.2, 0.25) is 0 Å². The Morgan fingerprint density at radius 1 is 1.23 bits per heavy atom. The Balaban J connectivity index is 1.37. The van der Waals surface area contributed by atoms with E-state index in [-0.39, 0.29) is 42.4 Å². The van der Waals surface area contributed by atoms with Gasteiger partial charge < -0.3 is 20.3 Å². The van der Waals surface area contributed by atoms with Crippen molar-refractivity contribution in [3.63, 3.8) is 0 Å². The first-order valence-corrected chi connectivity index (χ1v) is 14.5. The van der Waals surface area contributed by atoms with E-state index in [1.807, 2.05) is 23.8 Å². The van der Waals surface area contributed by atoms with Gasteiger partial charge in [0.2, 0.25) is 15.9 Å². The van der Waals surface area contributed by atoms with E-state index in [2.05, 4.69) is 4.98 Å². The number of pyridine rings is 1. The largest absolute Gasteiger partial charge is 0.391 e. The van der Waals surface area contributed by atoms with Crippen LogP contribution in [0.3, 0.4) is 0 Å². The lowest BCUT2D eigenvalue weighted by atomic mass is 10.0. The van der Waals surface area contributed by atoms with Gasteiger partial charge in [-0.25, -0.2) is 17.5 Å². The summed E-state index contributed by atoms with van der Waals surface area (Å²) in [6.45, 7) is 1.37. The number of halogens is 1. The number of aryl methyl sites for hydroxylation is 1. The number of aromatic nitrogens is 2. The average Bonchev–Trinajstić information content (AvgIpc) is 3.60. The number of carbonyl (C=O) groups excluding carboxylic acids is 3. The molecular weight excluding hydrogens is 541 g/mol. The number of benzene rings is 1. The maximum absolute atomic E-state index is 14.5. The lowest BCUT2D eigenvalue weighted by molar-refractivity contribution is -0.134. The van der Waals surface area contributed by atoms with E-state index in [4.69, 9.17) is 5.73 Å². The van der Waals surface area contributed by atoms with Gasteiger partial charge in [-0.2, -0.15) is 0 Å². The second kappa shape index (κ2) is 10.6. The molecule has 2 fully saturated rings. The number of amides is 3. The molecule has 11 nitrogen and oxygen atoms in total. The van der Waals surface area contributed by atoms with E-state index in [1.165, 1.54) is 33.9 Å². The molecule has 2 aromatic heterocycles. The predicted octanol–water partition coefficient (Wildman–Crippen LogP) is 1.21. The highest BCUT2D eigenvalue weighted by Gasteiger charge is 2.40. The summed E-state index contributed by atoms with van der Waals surface area (Å²) in [5.74, 6) is -2.10. The summed E-state index contributed by atoms with van der Waals surface area (Å²) in [4.78, 5) is 43.9. The molecule has 40 heavy (non-hydrogen) atoms. The summed E-state index contributed by atoms with van der Waals surface area (Å²) in [6.07, 6.45) is 0.163. The van der Waals surface area contributed by atoms with Crippen molar-refractivity contribution < 1.29 is 32.3 Å². The summed E-state index contributed by atoms with van der Waals surface area (Å²) in [6, 6.07) is 8.87. The number of fused-ring (bicyclic) bond motifs is 1. The van der Waals surface area contributed by atoms with Crippen molar-refractivity contribution in [2.24, 2.45) is 5.73 Å². The Morgan fingerprint density at radius 3 is 2.65 bits per heavy atom. The second-order valence-electron chi connectivity index (χ2n) is 10.4. The summed E-state index contributed by atoms with van der Waals surface area (Å²) < 4.78 is 42.4. The van der Waals surface area contributed by atoms with Crippen LogP contribution >= 0.6 is 0 Å². The van der Waals surface area contributed by atoms with Crippen LogP contribution in [0.5, 0.6) is 0 Å². The minimum Gasteiger partial charge on any atom is -0.391 e. The monoisotopic (exact) mass is 571 g/mol. The number of nitrogens with one attached hydrogen (secondary N) is 1. The van der Waals surface area contributed by atoms with Crippen molar-refractivity contribution in [1.29, 1.82) is 0 Å². The number of nitrogens with zero attached hydrogens (tertiary/aromatic N) is 3. The van der Waals surface area contributed by atoms with Crippen LogP contribution in [0.4, 0.5) is 4.39 Å². The van der Waals surface area contributed by atoms with Crippen molar-refractivity contribution >= 4 is 38.6 Å². The molecule has 13 heteroatoms. The van der Waals surface area contributed by atoms with Crippen LogP contribution in [0, 0.1) is 6.92 Å². The van der Waals surface area contributed by atoms with E-state index >= 15 is 0 Å². The minimum atomic E-state index is -3.78. The van der Waals surface area contributed by atoms with Gasteiger partial charge in [0.05, 0.1) is 29.5 Å². The van der Waals surface area contributed by atoms with Gasteiger partial charge in [0, 0.05) is 46.9 Å². The fourth-order valence-corrected chi connectivity index (χ4v) is 6.48. The fourth-order valence-electron chi connectivity index (χ4n) is 5.18. The Bertz CT molecular complexity index is 1600. The highest BCUT2D eigenvalue weighted by Crippen LogP contribution is 2.29. The maximum Gasteiger partial charge on any atom is 0.264 e. The molecule has 0 spiro atoms. The SMILES string of the molecule is Cc1cccc(CC(O)C2C[C@@H](F)CN2C(=O)Cn2cc(C(N)=O)c3cc(C(=O)NS(=O)(=O)C4CC4)ccc32)n1. The number of nitrogens with two attached hydrogens (primary N) is 1. The number of aliphatic hydroxyl groups excluding tert-OH is 1. The first kappa shape index (κ1) is 27.7. The second-order valence-corrected chi connectivity index (χ2v) is 12.4. The van der Waals surface area contributed by atoms with Gasteiger partial charge in [-0.1, -0.05) is 6.07 Å². The van der Waals surface area contributed by atoms with Crippen molar-refractivity contribution in [3.8, 4) is 0 Å². The standard InChI is InChI=1S/C27H30FN5O6S/c1-15-3-2-4-18(30-15)11-24(34)23-10-17(28)12-33(23)25(35)14-32-13-21(26(29)36)20-9-16(5-8-22(20)32)27(37)31-40(38,39)19-6-7-19/h2-5,8-9,13,17,19,23-24,34H,6-7,10-12,14H2,1H3,(H2,29,36)(H,31,37)/t17-,23?,24?/m1/s1. The number of carbonyl (C=O) groups is 3. The van der Waals surface area contributed by atoms with Gasteiger partial charge in [-0.05, 0) is 50.1 Å².